The summed E-state index contributed by atoms with van der Waals surface area (Å²) in [5.41, 5.74) is 1.11. The zero-order valence-corrected chi connectivity index (χ0v) is 7.81. The summed E-state index contributed by atoms with van der Waals surface area (Å²) in [7, 11) is 0. The van der Waals surface area contributed by atoms with Crippen LogP contribution < -0.4 is 5.32 Å². The van der Waals surface area contributed by atoms with Crippen LogP contribution in [0, 0.1) is 5.92 Å². The van der Waals surface area contributed by atoms with Gasteiger partial charge in [0, 0.05) is 0 Å². The fourth-order valence-electron chi connectivity index (χ4n) is 1.80. The van der Waals surface area contributed by atoms with Gasteiger partial charge in [0.15, 0.2) is 0 Å². The van der Waals surface area contributed by atoms with Crippen molar-refractivity contribution >= 4 is 5.91 Å². The quantitative estimate of drug-likeness (QED) is 0.728. The maximum atomic E-state index is 11.3. The van der Waals surface area contributed by atoms with Crippen LogP contribution >= 0.6 is 0 Å². The van der Waals surface area contributed by atoms with Crippen LogP contribution in [0.25, 0.3) is 0 Å². The van der Waals surface area contributed by atoms with Crippen molar-refractivity contribution in [3.63, 3.8) is 0 Å². The molecule has 1 fully saturated rings. The maximum absolute atomic E-state index is 11.3. The van der Waals surface area contributed by atoms with Gasteiger partial charge in [0.05, 0.1) is 18.6 Å². The van der Waals surface area contributed by atoms with E-state index in [9.17, 15) is 4.79 Å². The van der Waals surface area contributed by atoms with Crippen LogP contribution in [-0.2, 0) is 4.79 Å². The minimum absolute atomic E-state index is 0.0404. The van der Waals surface area contributed by atoms with Gasteiger partial charge in [-0.15, -0.1) is 0 Å². The van der Waals surface area contributed by atoms with Crippen molar-refractivity contribution in [2.24, 2.45) is 5.92 Å². The second kappa shape index (κ2) is 3.80. The molecule has 1 aromatic rings. The van der Waals surface area contributed by atoms with Gasteiger partial charge in [-0.05, 0) is 12.0 Å². The third-order valence-corrected chi connectivity index (χ3v) is 2.63. The Morgan fingerprint density at radius 1 is 1.36 bits per heavy atom. The number of hydrogen-bond acceptors (Lipinski definition) is 2. The number of carbonyl (C=O) groups is 1. The Morgan fingerprint density at radius 3 is 2.64 bits per heavy atom. The van der Waals surface area contributed by atoms with Crippen molar-refractivity contribution < 1.29 is 9.90 Å². The molecule has 1 aliphatic heterocycles. The van der Waals surface area contributed by atoms with Crippen LogP contribution in [0.3, 0.4) is 0 Å². The van der Waals surface area contributed by atoms with Crippen molar-refractivity contribution in [2.75, 3.05) is 6.61 Å². The molecule has 14 heavy (non-hydrogen) atoms. The Morgan fingerprint density at radius 2 is 2.07 bits per heavy atom. The van der Waals surface area contributed by atoms with Crippen LogP contribution in [0.2, 0.25) is 0 Å². The molecule has 2 rings (SSSR count). The number of benzene rings is 1. The Hall–Kier alpha value is -1.35. The van der Waals surface area contributed by atoms with Crippen LogP contribution in [0.15, 0.2) is 30.3 Å². The molecule has 3 heteroatoms. The summed E-state index contributed by atoms with van der Waals surface area (Å²) in [6, 6.07) is 9.90. The lowest BCUT2D eigenvalue weighted by Crippen LogP contribution is -2.22. The lowest BCUT2D eigenvalue weighted by atomic mass is 10.0. The van der Waals surface area contributed by atoms with Gasteiger partial charge in [-0.3, -0.25) is 4.79 Å². The number of amides is 1. The molecular formula is C11H13NO2. The maximum Gasteiger partial charge on any atom is 0.226 e. The van der Waals surface area contributed by atoms with Crippen molar-refractivity contribution in [1.29, 1.82) is 0 Å². The molecule has 1 aliphatic rings. The summed E-state index contributed by atoms with van der Waals surface area (Å²) in [6.45, 7) is -0.0604. The molecule has 1 amide bonds. The van der Waals surface area contributed by atoms with E-state index in [0.717, 1.165) is 5.56 Å². The molecule has 0 aliphatic carbocycles. The molecule has 0 aromatic heterocycles. The second-order valence-corrected chi connectivity index (χ2v) is 3.59. The molecule has 1 saturated heterocycles. The predicted octanol–water partition coefficient (Wildman–Crippen LogP) is 0.856. The molecule has 1 heterocycles. The van der Waals surface area contributed by atoms with Crippen molar-refractivity contribution in [2.45, 2.75) is 12.5 Å². The third-order valence-electron chi connectivity index (χ3n) is 2.63. The number of nitrogens with one attached hydrogen (secondary N) is 1. The van der Waals surface area contributed by atoms with E-state index in [-0.39, 0.29) is 24.5 Å². The summed E-state index contributed by atoms with van der Waals surface area (Å²) in [4.78, 5) is 11.3. The van der Waals surface area contributed by atoms with E-state index in [1.807, 2.05) is 30.3 Å². The second-order valence-electron chi connectivity index (χ2n) is 3.59. The van der Waals surface area contributed by atoms with Gasteiger partial charge in [0.25, 0.3) is 0 Å². The fraction of sp³-hybridized carbons (Fsp3) is 0.364. The molecule has 0 unspecified atom stereocenters. The van der Waals surface area contributed by atoms with E-state index < -0.39 is 0 Å². The van der Waals surface area contributed by atoms with Crippen LogP contribution in [-0.4, -0.2) is 17.6 Å². The summed E-state index contributed by atoms with van der Waals surface area (Å²) in [5, 5.41) is 11.8. The Bertz CT molecular complexity index is 323. The third kappa shape index (κ3) is 1.63. The van der Waals surface area contributed by atoms with Crippen LogP contribution in [0.1, 0.15) is 18.0 Å². The molecule has 0 spiro atoms. The lowest BCUT2D eigenvalue weighted by Gasteiger charge is -2.09. The SMILES string of the molecule is O=C1N[C@@H](c2ccccc2)C[C@H]1CO. The van der Waals surface area contributed by atoms with Gasteiger partial charge in [0.2, 0.25) is 5.91 Å². The molecule has 0 bridgehead atoms. The first-order valence-corrected chi connectivity index (χ1v) is 4.77. The summed E-state index contributed by atoms with van der Waals surface area (Å²) in [5.74, 6) is -0.276. The molecule has 3 nitrogen and oxygen atoms in total. The smallest absolute Gasteiger partial charge is 0.226 e. The van der Waals surface area contributed by atoms with Gasteiger partial charge in [-0.25, -0.2) is 0 Å². The first-order chi connectivity index (χ1) is 6.81. The highest BCUT2D eigenvalue weighted by atomic mass is 16.3. The van der Waals surface area contributed by atoms with E-state index in [4.69, 9.17) is 5.11 Å². The number of aliphatic hydroxyl groups is 1. The van der Waals surface area contributed by atoms with E-state index in [0.29, 0.717) is 6.42 Å². The standard InChI is InChI=1S/C11H13NO2/c13-7-9-6-10(12-11(9)14)8-4-2-1-3-5-8/h1-5,9-10,13H,6-7H2,(H,12,14)/t9-,10+/m0/s1. The molecule has 0 radical (unpaired) electrons. The van der Waals surface area contributed by atoms with Crippen LogP contribution in [0.4, 0.5) is 0 Å². The summed E-state index contributed by atoms with van der Waals surface area (Å²) < 4.78 is 0. The minimum atomic E-state index is -0.236. The van der Waals surface area contributed by atoms with Crippen molar-refractivity contribution in [3.05, 3.63) is 35.9 Å². The van der Waals surface area contributed by atoms with Crippen LogP contribution in [0.5, 0.6) is 0 Å². The Kier molecular flexibility index (Phi) is 2.50. The molecule has 74 valence electrons. The Labute approximate surface area is 82.8 Å². The highest BCUT2D eigenvalue weighted by Gasteiger charge is 2.31. The first kappa shape index (κ1) is 9.21. The summed E-state index contributed by atoms with van der Waals surface area (Å²) in [6.07, 6.45) is 0.694. The van der Waals surface area contributed by atoms with E-state index in [2.05, 4.69) is 5.32 Å². The van der Waals surface area contributed by atoms with E-state index >= 15 is 0 Å². The zero-order valence-electron chi connectivity index (χ0n) is 7.81. The topological polar surface area (TPSA) is 49.3 Å². The molecule has 1 aromatic carbocycles. The molecule has 2 atom stereocenters. The number of carbonyl (C=O) groups excluding carboxylic acids is 1. The fourth-order valence-corrected chi connectivity index (χ4v) is 1.80. The zero-order chi connectivity index (χ0) is 9.97. The first-order valence-electron chi connectivity index (χ1n) is 4.77. The number of aliphatic hydroxyl groups excluding tert-OH is 1. The predicted molar refractivity (Wildman–Crippen MR) is 52.5 cm³/mol. The van der Waals surface area contributed by atoms with Gasteiger partial charge in [0.1, 0.15) is 0 Å². The van der Waals surface area contributed by atoms with Crippen molar-refractivity contribution in [3.8, 4) is 0 Å². The molecule has 0 saturated carbocycles. The van der Waals surface area contributed by atoms with Gasteiger partial charge in [-0.2, -0.15) is 0 Å². The number of rotatable bonds is 2. The normalized spacial score (nSPS) is 26.2. The average Bonchev–Trinajstić information content (AvgIpc) is 2.61. The van der Waals surface area contributed by atoms with E-state index in [1.165, 1.54) is 0 Å². The van der Waals surface area contributed by atoms with E-state index in [1.54, 1.807) is 0 Å². The van der Waals surface area contributed by atoms with Gasteiger partial charge >= 0.3 is 0 Å². The van der Waals surface area contributed by atoms with Gasteiger partial charge < -0.3 is 10.4 Å². The molecule has 2 N–H and O–H groups in total. The van der Waals surface area contributed by atoms with Gasteiger partial charge in [-0.1, -0.05) is 30.3 Å². The average molecular weight is 191 g/mol. The minimum Gasteiger partial charge on any atom is -0.396 e. The Balaban J connectivity index is 2.13. The molecular weight excluding hydrogens is 178 g/mol. The lowest BCUT2D eigenvalue weighted by molar-refractivity contribution is -0.123. The monoisotopic (exact) mass is 191 g/mol. The highest BCUT2D eigenvalue weighted by molar-refractivity contribution is 5.81. The summed E-state index contributed by atoms with van der Waals surface area (Å²) >= 11 is 0. The number of hydrogen-bond donors (Lipinski definition) is 2. The van der Waals surface area contributed by atoms with Crippen molar-refractivity contribution in [1.82, 2.24) is 5.32 Å². The highest BCUT2D eigenvalue weighted by Crippen LogP contribution is 2.27. The largest absolute Gasteiger partial charge is 0.396 e.